The quantitative estimate of drug-likeness (QED) is 0.583. The summed E-state index contributed by atoms with van der Waals surface area (Å²) in [6.45, 7) is 6.22. The number of guanidine groups is 1. The SMILES string of the molecule is CCC1CCCCN1CCNC(=NC)NCc1cnn(-c2ccccc2)c1. The summed E-state index contributed by atoms with van der Waals surface area (Å²) in [4.78, 5) is 6.96. The molecule has 1 atom stereocenters. The number of nitrogens with zero attached hydrogens (tertiary/aromatic N) is 4. The van der Waals surface area contributed by atoms with Gasteiger partial charge in [0.1, 0.15) is 0 Å². The highest BCUT2D eigenvalue weighted by Crippen LogP contribution is 2.18. The van der Waals surface area contributed by atoms with Crippen LogP contribution >= 0.6 is 0 Å². The Balaban J connectivity index is 1.43. The van der Waals surface area contributed by atoms with Gasteiger partial charge in [0.05, 0.1) is 11.9 Å². The van der Waals surface area contributed by atoms with E-state index in [-0.39, 0.29) is 0 Å². The van der Waals surface area contributed by atoms with E-state index in [9.17, 15) is 0 Å². The van der Waals surface area contributed by atoms with Gasteiger partial charge in [-0.15, -0.1) is 0 Å². The van der Waals surface area contributed by atoms with Gasteiger partial charge in [0.15, 0.2) is 5.96 Å². The Kier molecular flexibility index (Phi) is 7.27. The molecule has 146 valence electrons. The van der Waals surface area contributed by atoms with Gasteiger partial charge in [0.2, 0.25) is 0 Å². The van der Waals surface area contributed by atoms with Crippen LogP contribution in [0.25, 0.3) is 5.69 Å². The molecule has 27 heavy (non-hydrogen) atoms. The number of rotatable bonds is 7. The average Bonchev–Trinajstić information content (AvgIpc) is 3.20. The molecule has 6 heteroatoms. The summed E-state index contributed by atoms with van der Waals surface area (Å²) in [5, 5.41) is 11.3. The summed E-state index contributed by atoms with van der Waals surface area (Å²) in [5.74, 6) is 0.840. The molecule has 1 aromatic carbocycles. The minimum absolute atomic E-state index is 0.702. The average molecular weight is 369 g/mol. The first kappa shape index (κ1) is 19.4. The first-order valence-corrected chi connectivity index (χ1v) is 10.1. The van der Waals surface area contributed by atoms with Crippen molar-refractivity contribution in [2.75, 3.05) is 26.7 Å². The summed E-state index contributed by atoms with van der Waals surface area (Å²) < 4.78 is 1.90. The number of nitrogens with one attached hydrogen (secondary N) is 2. The molecule has 2 aromatic rings. The molecule has 0 spiro atoms. The Morgan fingerprint density at radius 3 is 2.85 bits per heavy atom. The third-order valence-electron chi connectivity index (χ3n) is 5.25. The van der Waals surface area contributed by atoms with Gasteiger partial charge in [-0.25, -0.2) is 4.68 Å². The van der Waals surface area contributed by atoms with Crippen LogP contribution in [0, 0.1) is 0 Å². The van der Waals surface area contributed by atoms with Crippen molar-refractivity contribution in [1.29, 1.82) is 0 Å². The van der Waals surface area contributed by atoms with E-state index in [1.54, 1.807) is 0 Å². The molecule has 1 aromatic heterocycles. The molecule has 1 fully saturated rings. The molecule has 0 aliphatic carbocycles. The van der Waals surface area contributed by atoms with Crippen molar-refractivity contribution >= 4 is 5.96 Å². The van der Waals surface area contributed by atoms with Gasteiger partial charge in [-0.1, -0.05) is 31.5 Å². The number of hydrogen-bond donors (Lipinski definition) is 2. The zero-order valence-electron chi connectivity index (χ0n) is 16.6. The molecule has 3 rings (SSSR count). The van der Waals surface area contributed by atoms with Crippen LogP contribution in [0.4, 0.5) is 0 Å². The van der Waals surface area contributed by atoms with Crippen molar-refractivity contribution in [3.05, 3.63) is 48.3 Å². The maximum atomic E-state index is 4.44. The van der Waals surface area contributed by atoms with E-state index in [1.807, 2.05) is 36.1 Å². The fraction of sp³-hybridized carbons (Fsp3) is 0.524. The molecule has 1 unspecified atom stereocenters. The molecule has 1 aliphatic heterocycles. The second-order valence-corrected chi connectivity index (χ2v) is 7.08. The number of likely N-dealkylation sites (tertiary alicyclic amines) is 1. The number of para-hydroxylation sites is 1. The summed E-state index contributed by atoms with van der Waals surface area (Å²) in [6.07, 6.45) is 9.24. The smallest absolute Gasteiger partial charge is 0.191 e. The van der Waals surface area contributed by atoms with Gasteiger partial charge in [-0.3, -0.25) is 9.89 Å². The van der Waals surface area contributed by atoms with Gasteiger partial charge in [-0.05, 0) is 37.9 Å². The van der Waals surface area contributed by atoms with Gasteiger partial charge >= 0.3 is 0 Å². The van der Waals surface area contributed by atoms with Crippen LogP contribution < -0.4 is 10.6 Å². The molecule has 0 saturated carbocycles. The van der Waals surface area contributed by atoms with E-state index in [4.69, 9.17) is 0 Å². The fourth-order valence-electron chi connectivity index (χ4n) is 3.71. The minimum Gasteiger partial charge on any atom is -0.355 e. The zero-order valence-corrected chi connectivity index (χ0v) is 16.6. The van der Waals surface area contributed by atoms with Crippen LogP contribution in [-0.2, 0) is 6.54 Å². The highest BCUT2D eigenvalue weighted by atomic mass is 15.3. The van der Waals surface area contributed by atoms with Crippen molar-refractivity contribution in [2.45, 2.75) is 45.2 Å². The van der Waals surface area contributed by atoms with E-state index in [1.165, 1.54) is 32.2 Å². The Bertz CT molecular complexity index is 708. The summed E-state index contributed by atoms with van der Waals surface area (Å²) in [5.41, 5.74) is 2.20. The Hall–Kier alpha value is -2.34. The van der Waals surface area contributed by atoms with Crippen molar-refractivity contribution in [3.63, 3.8) is 0 Å². The molecular weight excluding hydrogens is 336 g/mol. The molecule has 1 saturated heterocycles. The molecule has 6 nitrogen and oxygen atoms in total. The standard InChI is InChI=1S/C21H32N6/c1-3-19-9-7-8-13-26(19)14-12-23-21(22-2)24-15-18-16-25-27(17-18)20-10-5-4-6-11-20/h4-6,10-11,16-17,19H,3,7-9,12-15H2,1-2H3,(H2,22,23,24). The van der Waals surface area contributed by atoms with Crippen LogP contribution in [0.2, 0.25) is 0 Å². The second-order valence-electron chi connectivity index (χ2n) is 7.08. The summed E-state index contributed by atoms with van der Waals surface area (Å²) >= 11 is 0. The van der Waals surface area contributed by atoms with E-state index >= 15 is 0 Å². The number of hydrogen-bond acceptors (Lipinski definition) is 3. The first-order valence-electron chi connectivity index (χ1n) is 10.1. The van der Waals surface area contributed by atoms with E-state index in [0.29, 0.717) is 6.54 Å². The van der Waals surface area contributed by atoms with Crippen LogP contribution in [0.1, 0.15) is 38.2 Å². The third-order valence-corrected chi connectivity index (χ3v) is 5.25. The second kappa shape index (κ2) is 10.1. The van der Waals surface area contributed by atoms with E-state index in [2.05, 4.69) is 50.9 Å². The largest absolute Gasteiger partial charge is 0.355 e. The lowest BCUT2D eigenvalue weighted by molar-refractivity contribution is 0.147. The zero-order chi connectivity index (χ0) is 18.9. The predicted molar refractivity (Wildman–Crippen MR) is 111 cm³/mol. The molecule has 0 radical (unpaired) electrons. The summed E-state index contributed by atoms with van der Waals surface area (Å²) in [6, 6.07) is 10.9. The molecule has 0 bridgehead atoms. The Labute approximate surface area is 162 Å². The molecule has 2 heterocycles. The lowest BCUT2D eigenvalue weighted by Gasteiger charge is -2.35. The molecule has 0 amide bonds. The van der Waals surface area contributed by atoms with Gasteiger partial charge in [0, 0.05) is 44.5 Å². The number of benzene rings is 1. The highest BCUT2D eigenvalue weighted by Gasteiger charge is 2.19. The Morgan fingerprint density at radius 2 is 2.07 bits per heavy atom. The van der Waals surface area contributed by atoms with Crippen molar-refractivity contribution in [2.24, 2.45) is 4.99 Å². The summed E-state index contributed by atoms with van der Waals surface area (Å²) in [7, 11) is 1.82. The first-order chi connectivity index (χ1) is 13.3. The normalized spacial score (nSPS) is 18.4. The monoisotopic (exact) mass is 368 g/mol. The lowest BCUT2D eigenvalue weighted by Crippen LogP contribution is -2.45. The maximum Gasteiger partial charge on any atom is 0.191 e. The van der Waals surface area contributed by atoms with Crippen LogP contribution in [-0.4, -0.2) is 53.4 Å². The van der Waals surface area contributed by atoms with Crippen LogP contribution in [0.5, 0.6) is 0 Å². The minimum atomic E-state index is 0.702. The fourth-order valence-corrected chi connectivity index (χ4v) is 3.71. The van der Waals surface area contributed by atoms with Crippen molar-refractivity contribution in [3.8, 4) is 5.69 Å². The van der Waals surface area contributed by atoms with E-state index in [0.717, 1.165) is 36.3 Å². The van der Waals surface area contributed by atoms with Gasteiger partial charge in [-0.2, -0.15) is 5.10 Å². The van der Waals surface area contributed by atoms with Crippen LogP contribution in [0.15, 0.2) is 47.7 Å². The topological polar surface area (TPSA) is 57.5 Å². The van der Waals surface area contributed by atoms with Gasteiger partial charge < -0.3 is 10.6 Å². The maximum absolute atomic E-state index is 4.44. The molecular formula is C21H32N6. The van der Waals surface area contributed by atoms with Crippen LogP contribution in [0.3, 0.4) is 0 Å². The van der Waals surface area contributed by atoms with Crippen molar-refractivity contribution in [1.82, 2.24) is 25.3 Å². The predicted octanol–water partition coefficient (Wildman–Crippen LogP) is 2.80. The number of aromatic nitrogens is 2. The number of piperidine rings is 1. The number of aliphatic imine (C=N–C) groups is 1. The lowest BCUT2D eigenvalue weighted by atomic mass is 10.0. The van der Waals surface area contributed by atoms with Gasteiger partial charge in [0.25, 0.3) is 0 Å². The van der Waals surface area contributed by atoms with E-state index < -0.39 is 0 Å². The Morgan fingerprint density at radius 1 is 1.22 bits per heavy atom. The molecule has 2 N–H and O–H groups in total. The highest BCUT2D eigenvalue weighted by molar-refractivity contribution is 5.79. The molecule has 1 aliphatic rings. The third kappa shape index (κ3) is 5.57. The van der Waals surface area contributed by atoms with Crippen molar-refractivity contribution < 1.29 is 0 Å².